The van der Waals surface area contributed by atoms with E-state index in [1.807, 2.05) is 4.90 Å². The Hall–Kier alpha value is -2.59. The number of thiazole rings is 1. The number of hydrogen-bond acceptors (Lipinski definition) is 8. The van der Waals surface area contributed by atoms with Crippen LogP contribution in [0.15, 0.2) is 30.3 Å². The van der Waals surface area contributed by atoms with Crippen LogP contribution in [-0.4, -0.2) is 35.1 Å². The lowest BCUT2D eigenvalue weighted by Crippen LogP contribution is -2.53. The Labute approximate surface area is 148 Å². The van der Waals surface area contributed by atoms with Crippen molar-refractivity contribution in [1.29, 1.82) is 0 Å². The molecule has 3 heterocycles. The first kappa shape index (κ1) is 15.9. The fourth-order valence-corrected chi connectivity index (χ4v) is 4.15. The number of aromatic nitrogens is 1. The lowest BCUT2D eigenvalue weighted by Gasteiger charge is -2.37. The van der Waals surface area contributed by atoms with Gasteiger partial charge in [0.05, 0.1) is 28.2 Å². The standard InChI is InChI=1S/C15H10FN3O4S2/c16-8-1-2-10-12(5-8)25-15(17-10)18-6-9(7-18)23-14(20)11-3-4-13(24-11)19(21)22/h1-5,9H,6-7H2. The molecule has 0 N–H and O–H groups in total. The molecule has 0 aliphatic carbocycles. The molecule has 7 nitrogen and oxygen atoms in total. The quantitative estimate of drug-likeness (QED) is 0.392. The second-order valence-electron chi connectivity index (χ2n) is 5.44. The van der Waals surface area contributed by atoms with Crippen LogP contribution in [-0.2, 0) is 4.74 Å². The lowest BCUT2D eigenvalue weighted by atomic mass is 10.2. The summed E-state index contributed by atoms with van der Waals surface area (Å²) in [5.74, 6) is -0.864. The molecule has 0 spiro atoms. The summed E-state index contributed by atoms with van der Waals surface area (Å²) in [5, 5.41) is 11.3. The van der Waals surface area contributed by atoms with Crippen LogP contribution < -0.4 is 4.90 Å². The third-order valence-corrected chi connectivity index (χ3v) is 5.80. The van der Waals surface area contributed by atoms with Crippen molar-refractivity contribution < 1.29 is 18.8 Å². The number of esters is 1. The molecule has 1 aromatic carbocycles. The molecule has 0 amide bonds. The van der Waals surface area contributed by atoms with Crippen molar-refractivity contribution >= 4 is 49.0 Å². The Bertz CT molecular complexity index is 980. The number of rotatable bonds is 4. The minimum Gasteiger partial charge on any atom is -0.454 e. The zero-order valence-corrected chi connectivity index (χ0v) is 14.2. The normalized spacial score (nSPS) is 14.5. The van der Waals surface area contributed by atoms with Gasteiger partial charge in [-0.2, -0.15) is 0 Å². The van der Waals surface area contributed by atoms with Crippen LogP contribution in [0.3, 0.4) is 0 Å². The predicted molar refractivity (Wildman–Crippen MR) is 92.0 cm³/mol. The molecule has 0 atom stereocenters. The first-order chi connectivity index (χ1) is 12.0. The van der Waals surface area contributed by atoms with Crippen molar-refractivity contribution in [2.75, 3.05) is 18.0 Å². The predicted octanol–water partition coefficient (Wildman–Crippen LogP) is 3.45. The van der Waals surface area contributed by atoms with Crippen molar-refractivity contribution in [3.8, 4) is 0 Å². The molecule has 0 bridgehead atoms. The van der Waals surface area contributed by atoms with Crippen molar-refractivity contribution in [2.24, 2.45) is 0 Å². The Morgan fingerprint density at radius 2 is 2.12 bits per heavy atom. The second kappa shape index (κ2) is 6.05. The lowest BCUT2D eigenvalue weighted by molar-refractivity contribution is -0.380. The third-order valence-electron chi connectivity index (χ3n) is 3.70. The molecule has 1 fully saturated rings. The van der Waals surface area contributed by atoms with E-state index in [0.29, 0.717) is 13.1 Å². The summed E-state index contributed by atoms with van der Waals surface area (Å²) >= 11 is 2.17. The van der Waals surface area contributed by atoms with Gasteiger partial charge in [0, 0.05) is 6.07 Å². The summed E-state index contributed by atoms with van der Waals surface area (Å²) in [6, 6.07) is 7.12. The molecular formula is C15H10FN3O4S2. The van der Waals surface area contributed by atoms with Gasteiger partial charge in [-0.1, -0.05) is 22.7 Å². The number of hydrogen-bond donors (Lipinski definition) is 0. The van der Waals surface area contributed by atoms with Crippen LogP contribution in [0.4, 0.5) is 14.5 Å². The summed E-state index contributed by atoms with van der Waals surface area (Å²) in [4.78, 5) is 28.7. The molecule has 4 rings (SSSR count). The summed E-state index contributed by atoms with van der Waals surface area (Å²) in [6.07, 6.45) is -0.294. The molecule has 10 heteroatoms. The van der Waals surface area contributed by atoms with Gasteiger partial charge in [-0.15, -0.1) is 0 Å². The van der Waals surface area contributed by atoms with Gasteiger partial charge in [0.15, 0.2) is 5.13 Å². The van der Waals surface area contributed by atoms with Gasteiger partial charge in [-0.3, -0.25) is 10.1 Å². The highest BCUT2D eigenvalue weighted by Crippen LogP contribution is 2.33. The number of thiophene rings is 1. The molecule has 2 aromatic heterocycles. The Kier molecular flexibility index (Phi) is 3.85. The zero-order valence-electron chi connectivity index (χ0n) is 12.5. The minimum absolute atomic E-state index is 0.0936. The molecule has 3 aromatic rings. The van der Waals surface area contributed by atoms with Gasteiger partial charge >= 0.3 is 11.0 Å². The van der Waals surface area contributed by atoms with Gasteiger partial charge in [-0.25, -0.2) is 14.2 Å². The highest BCUT2D eigenvalue weighted by Gasteiger charge is 2.33. The number of fused-ring (bicyclic) bond motifs is 1. The Balaban J connectivity index is 1.37. The van der Waals surface area contributed by atoms with Crippen molar-refractivity contribution in [1.82, 2.24) is 4.98 Å². The molecular weight excluding hydrogens is 369 g/mol. The number of anilines is 1. The van der Waals surface area contributed by atoms with Crippen molar-refractivity contribution in [2.45, 2.75) is 6.10 Å². The van der Waals surface area contributed by atoms with Gasteiger partial charge in [0.2, 0.25) is 0 Å². The molecule has 0 saturated carbocycles. The highest BCUT2D eigenvalue weighted by molar-refractivity contribution is 7.22. The molecule has 0 unspecified atom stereocenters. The molecule has 1 saturated heterocycles. The summed E-state index contributed by atoms with van der Waals surface area (Å²) in [7, 11) is 0. The number of nitrogens with zero attached hydrogens (tertiary/aromatic N) is 3. The van der Waals surface area contributed by atoms with Crippen LogP contribution >= 0.6 is 22.7 Å². The van der Waals surface area contributed by atoms with E-state index in [1.165, 1.54) is 35.6 Å². The van der Waals surface area contributed by atoms with E-state index in [4.69, 9.17) is 4.74 Å². The maximum Gasteiger partial charge on any atom is 0.348 e. The van der Waals surface area contributed by atoms with Gasteiger partial charge in [0.25, 0.3) is 0 Å². The third kappa shape index (κ3) is 3.05. The second-order valence-corrected chi connectivity index (χ2v) is 7.51. The number of halogens is 1. The zero-order chi connectivity index (χ0) is 17.6. The van der Waals surface area contributed by atoms with E-state index in [2.05, 4.69) is 4.98 Å². The van der Waals surface area contributed by atoms with E-state index >= 15 is 0 Å². The molecule has 1 aliphatic rings. The summed E-state index contributed by atoms with van der Waals surface area (Å²) in [6.45, 7) is 0.975. The number of benzene rings is 1. The van der Waals surface area contributed by atoms with Gasteiger partial charge in [-0.05, 0) is 24.3 Å². The van der Waals surface area contributed by atoms with Crippen molar-refractivity contribution in [3.05, 3.63) is 51.1 Å². The van der Waals surface area contributed by atoms with Crippen LogP contribution in [0.2, 0.25) is 0 Å². The summed E-state index contributed by atoms with van der Waals surface area (Å²) in [5.41, 5.74) is 0.729. The molecule has 25 heavy (non-hydrogen) atoms. The number of ether oxygens (including phenoxy) is 1. The average Bonchev–Trinajstić information content (AvgIpc) is 3.16. The fourth-order valence-electron chi connectivity index (χ4n) is 2.44. The fraction of sp³-hybridized carbons (Fsp3) is 0.200. The van der Waals surface area contributed by atoms with Crippen LogP contribution in [0.1, 0.15) is 9.67 Å². The molecule has 0 radical (unpaired) electrons. The number of carbonyl (C=O) groups excluding carboxylic acids is 1. The van der Waals surface area contributed by atoms with Gasteiger partial charge < -0.3 is 9.64 Å². The van der Waals surface area contributed by atoms with E-state index in [9.17, 15) is 19.3 Å². The number of nitro groups is 1. The van der Waals surface area contributed by atoms with E-state index in [-0.39, 0.29) is 21.8 Å². The van der Waals surface area contributed by atoms with E-state index in [1.54, 1.807) is 6.07 Å². The smallest absolute Gasteiger partial charge is 0.348 e. The van der Waals surface area contributed by atoms with Crippen LogP contribution in [0.5, 0.6) is 0 Å². The molecule has 1 aliphatic heterocycles. The summed E-state index contributed by atoms with van der Waals surface area (Å²) < 4.78 is 19.3. The average molecular weight is 379 g/mol. The van der Waals surface area contributed by atoms with E-state index in [0.717, 1.165) is 26.7 Å². The SMILES string of the molecule is O=C(OC1CN(c2nc3ccc(F)cc3s2)C1)c1ccc([N+](=O)[O-])s1. The van der Waals surface area contributed by atoms with Gasteiger partial charge in [0.1, 0.15) is 16.8 Å². The number of carbonyl (C=O) groups is 1. The topological polar surface area (TPSA) is 85.6 Å². The van der Waals surface area contributed by atoms with Crippen molar-refractivity contribution in [3.63, 3.8) is 0 Å². The highest BCUT2D eigenvalue weighted by atomic mass is 32.1. The monoisotopic (exact) mass is 379 g/mol. The van der Waals surface area contributed by atoms with E-state index < -0.39 is 10.9 Å². The molecule has 128 valence electrons. The van der Waals surface area contributed by atoms with Crippen LogP contribution in [0.25, 0.3) is 10.2 Å². The largest absolute Gasteiger partial charge is 0.454 e. The maximum atomic E-state index is 13.2. The Morgan fingerprint density at radius 3 is 2.84 bits per heavy atom. The Morgan fingerprint density at radius 1 is 1.32 bits per heavy atom. The van der Waals surface area contributed by atoms with Crippen LogP contribution in [0, 0.1) is 15.9 Å². The maximum absolute atomic E-state index is 13.2. The first-order valence-corrected chi connectivity index (χ1v) is 8.89. The minimum atomic E-state index is -0.561. The first-order valence-electron chi connectivity index (χ1n) is 7.26.